The summed E-state index contributed by atoms with van der Waals surface area (Å²) in [6.45, 7) is 2.63. The highest BCUT2D eigenvalue weighted by atomic mass is 35.5. The Balaban J connectivity index is 1.57. The highest BCUT2D eigenvalue weighted by molar-refractivity contribution is 7.13. The minimum absolute atomic E-state index is 0.0201. The molecule has 2 N–H and O–H groups in total. The van der Waals surface area contributed by atoms with Gasteiger partial charge in [0.1, 0.15) is 0 Å². The first-order chi connectivity index (χ1) is 13.2. The number of urea groups is 1. The van der Waals surface area contributed by atoms with Crippen LogP contribution in [-0.2, 0) is 0 Å². The maximum Gasteiger partial charge on any atom is 0.317 e. The van der Waals surface area contributed by atoms with Gasteiger partial charge in [-0.1, -0.05) is 29.8 Å². The third-order valence-electron chi connectivity index (χ3n) is 4.29. The molecule has 8 heteroatoms. The highest BCUT2D eigenvalue weighted by Gasteiger charge is 2.18. The Morgan fingerprint density at radius 3 is 2.96 bits per heavy atom. The minimum Gasteiger partial charge on any atom is -0.352 e. The van der Waals surface area contributed by atoms with Crippen molar-refractivity contribution in [2.75, 3.05) is 31.5 Å². The fraction of sp³-hybridized carbons (Fsp3) is 0.211. The first kappa shape index (κ1) is 17.8. The minimum atomic E-state index is -0.0201. The van der Waals surface area contributed by atoms with Crippen molar-refractivity contribution < 1.29 is 4.79 Å². The molecular weight excluding hydrogens is 382 g/mol. The quantitative estimate of drug-likeness (QED) is 0.658. The van der Waals surface area contributed by atoms with Gasteiger partial charge in [-0.25, -0.2) is 14.8 Å². The van der Waals surface area contributed by atoms with Crippen molar-refractivity contribution in [2.24, 2.45) is 0 Å². The monoisotopic (exact) mass is 399 g/mol. The first-order valence-electron chi connectivity index (χ1n) is 8.64. The van der Waals surface area contributed by atoms with E-state index in [1.807, 2.05) is 48.0 Å². The van der Waals surface area contributed by atoms with Crippen LogP contribution in [0.3, 0.4) is 0 Å². The number of carbonyl (C=O) groups is 1. The second-order valence-electron chi connectivity index (χ2n) is 6.09. The van der Waals surface area contributed by atoms with Crippen LogP contribution in [0.2, 0.25) is 5.02 Å². The maximum absolute atomic E-state index is 11.6. The summed E-state index contributed by atoms with van der Waals surface area (Å²) in [5, 5.41) is 8.72. The van der Waals surface area contributed by atoms with Crippen LogP contribution in [0.5, 0.6) is 0 Å². The standard InChI is InChI=1S/C19H18ClN5OS/c20-14-4-1-3-13(11-14)15-12-23-18(24-17(15)16-5-2-10-27-16)21-6-8-25-9-7-22-19(25)26/h1-5,10-12H,6-9H2,(H,22,26)(H,21,23,24). The van der Waals surface area contributed by atoms with Crippen LogP contribution in [0.1, 0.15) is 0 Å². The van der Waals surface area contributed by atoms with Crippen LogP contribution >= 0.6 is 22.9 Å². The topological polar surface area (TPSA) is 70.2 Å². The lowest BCUT2D eigenvalue weighted by molar-refractivity contribution is 0.219. The normalized spacial score (nSPS) is 13.7. The molecule has 0 saturated carbocycles. The smallest absolute Gasteiger partial charge is 0.317 e. The van der Waals surface area contributed by atoms with Gasteiger partial charge in [0.05, 0.1) is 10.6 Å². The summed E-state index contributed by atoms with van der Waals surface area (Å²) < 4.78 is 0. The molecule has 6 nitrogen and oxygen atoms in total. The zero-order valence-corrected chi connectivity index (χ0v) is 16.1. The van der Waals surface area contributed by atoms with Crippen molar-refractivity contribution in [1.29, 1.82) is 0 Å². The van der Waals surface area contributed by atoms with E-state index in [1.54, 1.807) is 16.2 Å². The number of rotatable bonds is 6. The number of thiophene rings is 1. The van der Waals surface area contributed by atoms with Gasteiger partial charge in [-0.2, -0.15) is 0 Å². The van der Waals surface area contributed by atoms with Crippen LogP contribution < -0.4 is 10.6 Å². The summed E-state index contributed by atoms with van der Waals surface area (Å²) in [7, 11) is 0. The third kappa shape index (κ3) is 4.04. The molecule has 0 unspecified atom stereocenters. The molecule has 0 aliphatic carbocycles. The Hall–Kier alpha value is -2.64. The lowest BCUT2D eigenvalue weighted by Crippen LogP contribution is -2.32. The van der Waals surface area contributed by atoms with E-state index in [4.69, 9.17) is 16.6 Å². The van der Waals surface area contributed by atoms with Crippen molar-refractivity contribution >= 4 is 34.9 Å². The van der Waals surface area contributed by atoms with Gasteiger partial charge in [-0.3, -0.25) is 0 Å². The van der Waals surface area contributed by atoms with Crippen LogP contribution in [0.25, 0.3) is 21.7 Å². The SMILES string of the molecule is O=C1NCCN1CCNc1ncc(-c2cccc(Cl)c2)c(-c2cccs2)n1. The summed E-state index contributed by atoms with van der Waals surface area (Å²) in [5.41, 5.74) is 2.78. The zero-order chi connectivity index (χ0) is 18.6. The Bertz CT molecular complexity index is 947. The number of amides is 2. The van der Waals surface area contributed by atoms with Crippen molar-refractivity contribution in [2.45, 2.75) is 0 Å². The number of hydrogen-bond acceptors (Lipinski definition) is 5. The average molecular weight is 400 g/mol. The lowest BCUT2D eigenvalue weighted by atomic mass is 10.1. The number of aromatic nitrogens is 2. The number of benzene rings is 1. The molecule has 1 aromatic carbocycles. The van der Waals surface area contributed by atoms with Crippen LogP contribution in [0.15, 0.2) is 48.0 Å². The molecule has 0 atom stereocenters. The lowest BCUT2D eigenvalue weighted by Gasteiger charge is -2.15. The number of carbonyl (C=O) groups excluding carboxylic acids is 1. The van der Waals surface area contributed by atoms with Crippen LogP contribution in [0, 0.1) is 0 Å². The zero-order valence-electron chi connectivity index (χ0n) is 14.5. The molecule has 2 amide bonds. The molecule has 0 radical (unpaired) electrons. The molecule has 3 heterocycles. The van der Waals surface area contributed by atoms with Gasteiger partial charge in [-0.05, 0) is 29.1 Å². The van der Waals surface area contributed by atoms with Crippen LogP contribution in [-0.4, -0.2) is 47.1 Å². The predicted molar refractivity (Wildman–Crippen MR) is 109 cm³/mol. The molecule has 1 fully saturated rings. The van der Waals surface area contributed by atoms with Gasteiger partial charge in [0.15, 0.2) is 0 Å². The predicted octanol–water partition coefficient (Wildman–Crippen LogP) is 3.96. The fourth-order valence-corrected chi connectivity index (χ4v) is 3.88. The fourth-order valence-electron chi connectivity index (χ4n) is 2.96. The summed E-state index contributed by atoms with van der Waals surface area (Å²) >= 11 is 7.79. The van der Waals surface area contributed by atoms with E-state index >= 15 is 0 Å². The van der Waals surface area contributed by atoms with E-state index in [2.05, 4.69) is 15.6 Å². The molecule has 3 aromatic rings. The van der Waals surface area contributed by atoms with Gasteiger partial charge in [0.25, 0.3) is 0 Å². The molecule has 27 heavy (non-hydrogen) atoms. The third-order valence-corrected chi connectivity index (χ3v) is 5.40. The van der Waals surface area contributed by atoms with Crippen molar-refractivity contribution in [3.63, 3.8) is 0 Å². The molecule has 0 spiro atoms. The molecule has 138 valence electrons. The molecule has 2 aromatic heterocycles. The summed E-state index contributed by atoms with van der Waals surface area (Å²) in [4.78, 5) is 23.6. The number of nitrogens with zero attached hydrogens (tertiary/aromatic N) is 3. The van der Waals surface area contributed by atoms with Crippen molar-refractivity contribution in [1.82, 2.24) is 20.2 Å². The maximum atomic E-state index is 11.6. The van der Waals surface area contributed by atoms with E-state index in [1.165, 1.54) is 0 Å². The van der Waals surface area contributed by atoms with Gasteiger partial charge < -0.3 is 15.5 Å². The molecule has 0 bridgehead atoms. The summed E-state index contributed by atoms with van der Waals surface area (Å²) in [6.07, 6.45) is 1.82. The average Bonchev–Trinajstić information content (AvgIpc) is 3.34. The summed E-state index contributed by atoms with van der Waals surface area (Å²) in [6, 6.07) is 11.7. The van der Waals surface area contributed by atoms with E-state index in [0.717, 1.165) is 28.2 Å². The second kappa shape index (κ2) is 7.94. The Morgan fingerprint density at radius 2 is 2.22 bits per heavy atom. The molecule has 1 aliphatic rings. The van der Waals surface area contributed by atoms with E-state index in [9.17, 15) is 4.79 Å². The summed E-state index contributed by atoms with van der Waals surface area (Å²) in [5.74, 6) is 0.545. The number of anilines is 1. The largest absolute Gasteiger partial charge is 0.352 e. The van der Waals surface area contributed by atoms with E-state index in [0.29, 0.717) is 30.6 Å². The molecular formula is C19H18ClN5OS. The number of hydrogen-bond donors (Lipinski definition) is 2. The van der Waals surface area contributed by atoms with Crippen molar-refractivity contribution in [3.8, 4) is 21.7 Å². The molecule has 1 aliphatic heterocycles. The number of nitrogens with one attached hydrogen (secondary N) is 2. The van der Waals surface area contributed by atoms with E-state index < -0.39 is 0 Å². The van der Waals surface area contributed by atoms with Gasteiger partial charge >= 0.3 is 6.03 Å². The van der Waals surface area contributed by atoms with Gasteiger partial charge in [-0.15, -0.1) is 11.3 Å². The number of halogens is 1. The Labute approximate surface area is 166 Å². The second-order valence-corrected chi connectivity index (χ2v) is 7.47. The van der Waals surface area contributed by atoms with Gasteiger partial charge in [0.2, 0.25) is 5.95 Å². The van der Waals surface area contributed by atoms with Gasteiger partial charge in [0, 0.05) is 43.0 Å². The molecule has 4 rings (SSSR count). The van der Waals surface area contributed by atoms with Crippen molar-refractivity contribution in [3.05, 3.63) is 53.0 Å². The molecule has 1 saturated heterocycles. The Morgan fingerprint density at radius 1 is 1.30 bits per heavy atom. The van der Waals surface area contributed by atoms with E-state index in [-0.39, 0.29) is 6.03 Å². The first-order valence-corrected chi connectivity index (χ1v) is 9.90. The highest BCUT2D eigenvalue weighted by Crippen LogP contribution is 2.34. The van der Waals surface area contributed by atoms with Crippen LogP contribution in [0.4, 0.5) is 10.7 Å². The Kier molecular flexibility index (Phi) is 5.22.